The average Bonchev–Trinajstić information content (AvgIpc) is 2.17. The van der Waals surface area contributed by atoms with Crippen LogP contribution in [0.5, 0.6) is 0 Å². The highest BCUT2D eigenvalue weighted by atomic mass is 16.1. The van der Waals surface area contributed by atoms with Crippen molar-refractivity contribution in [3.8, 4) is 6.07 Å². The lowest BCUT2D eigenvalue weighted by Crippen LogP contribution is -2.18. The highest BCUT2D eigenvalue weighted by Crippen LogP contribution is 2.10. The predicted octanol–water partition coefficient (Wildman–Crippen LogP) is 1.23. The summed E-state index contributed by atoms with van der Waals surface area (Å²) < 4.78 is 0. The monoisotopic (exact) mass is 174 g/mol. The van der Waals surface area contributed by atoms with Gasteiger partial charge in [0.2, 0.25) is 0 Å². The van der Waals surface area contributed by atoms with Gasteiger partial charge >= 0.3 is 0 Å². The van der Waals surface area contributed by atoms with E-state index in [4.69, 9.17) is 5.26 Å². The number of hydrogen-bond donors (Lipinski definition) is 1. The summed E-state index contributed by atoms with van der Waals surface area (Å²) in [5, 5.41) is 11.2. The molecule has 0 atom stereocenters. The van der Waals surface area contributed by atoms with E-state index in [9.17, 15) is 4.79 Å². The van der Waals surface area contributed by atoms with E-state index in [0.717, 1.165) is 5.56 Å². The number of nitrogens with one attached hydrogen (secondary N) is 1. The summed E-state index contributed by atoms with van der Waals surface area (Å²) in [6.45, 7) is 1.84. The Bertz CT molecular complexity index is 377. The molecule has 0 bridgehead atoms. The molecule has 0 radical (unpaired) electrons. The second-order valence-corrected chi connectivity index (χ2v) is 2.72. The fourth-order valence-corrected chi connectivity index (χ4v) is 1.07. The molecule has 0 aliphatic carbocycles. The molecule has 1 N–H and O–H groups in total. The van der Waals surface area contributed by atoms with Crippen LogP contribution in [0.2, 0.25) is 0 Å². The smallest absolute Gasteiger partial charge is 0.251 e. The quantitative estimate of drug-likeness (QED) is 0.696. The third kappa shape index (κ3) is 1.85. The van der Waals surface area contributed by atoms with E-state index < -0.39 is 0 Å². The highest BCUT2D eigenvalue weighted by Gasteiger charge is 2.06. The molecular weight excluding hydrogens is 164 g/mol. The molecule has 0 unspecified atom stereocenters. The second kappa shape index (κ2) is 3.72. The van der Waals surface area contributed by atoms with Crippen LogP contribution in [-0.2, 0) is 0 Å². The maximum absolute atomic E-state index is 11.3. The van der Waals surface area contributed by atoms with Gasteiger partial charge in [-0.3, -0.25) is 4.79 Å². The van der Waals surface area contributed by atoms with Gasteiger partial charge in [0.05, 0.1) is 11.6 Å². The summed E-state index contributed by atoms with van der Waals surface area (Å²) in [6, 6.07) is 7.05. The highest BCUT2D eigenvalue weighted by molar-refractivity contribution is 5.95. The van der Waals surface area contributed by atoms with E-state index in [1.165, 1.54) is 0 Å². The van der Waals surface area contributed by atoms with Crippen LogP contribution in [-0.4, -0.2) is 13.0 Å². The summed E-state index contributed by atoms with van der Waals surface area (Å²) in [7, 11) is 1.57. The maximum atomic E-state index is 11.3. The Morgan fingerprint density at radius 1 is 1.54 bits per heavy atom. The van der Waals surface area contributed by atoms with Gasteiger partial charge in [-0.1, -0.05) is 6.07 Å². The van der Waals surface area contributed by atoms with E-state index >= 15 is 0 Å². The summed E-state index contributed by atoms with van der Waals surface area (Å²) >= 11 is 0. The van der Waals surface area contributed by atoms with Crippen molar-refractivity contribution in [3.05, 3.63) is 34.9 Å². The topological polar surface area (TPSA) is 52.9 Å². The number of nitriles is 1. The molecule has 3 nitrogen and oxygen atoms in total. The maximum Gasteiger partial charge on any atom is 0.251 e. The molecule has 0 aliphatic rings. The zero-order valence-electron chi connectivity index (χ0n) is 7.59. The molecular formula is C10H10N2O. The molecule has 0 spiro atoms. The predicted molar refractivity (Wildman–Crippen MR) is 49.3 cm³/mol. The molecule has 0 heterocycles. The van der Waals surface area contributed by atoms with Gasteiger partial charge in [-0.25, -0.2) is 0 Å². The van der Waals surface area contributed by atoms with Crippen molar-refractivity contribution in [3.63, 3.8) is 0 Å². The van der Waals surface area contributed by atoms with Gasteiger partial charge < -0.3 is 5.32 Å². The Morgan fingerprint density at radius 2 is 2.23 bits per heavy atom. The SMILES string of the molecule is CNC(=O)c1cc(C#N)ccc1C. The van der Waals surface area contributed by atoms with Gasteiger partial charge in [-0.2, -0.15) is 5.26 Å². The molecule has 0 aromatic heterocycles. The molecule has 1 amide bonds. The average molecular weight is 174 g/mol. The summed E-state index contributed by atoms with van der Waals surface area (Å²) in [5.41, 5.74) is 1.93. The van der Waals surface area contributed by atoms with Crippen LogP contribution in [0, 0.1) is 18.3 Å². The van der Waals surface area contributed by atoms with E-state index in [1.54, 1.807) is 25.2 Å². The molecule has 1 aromatic rings. The third-order valence-corrected chi connectivity index (χ3v) is 1.84. The molecule has 0 aliphatic heterocycles. The van der Waals surface area contributed by atoms with Crippen molar-refractivity contribution in [1.29, 1.82) is 5.26 Å². The van der Waals surface area contributed by atoms with Crippen molar-refractivity contribution in [2.24, 2.45) is 0 Å². The number of carbonyl (C=O) groups is 1. The molecule has 13 heavy (non-hydrogen) atoms. The Hall–Kier alpha value is -1.82. The number of rotatable bonds is 1. The Labute approximate surface area is 77.0 Å². The first kappa shape index (κ1) is 9.27. The minimum atomic E-state index is -0.158. The van der Waals surface area contributed by atoms with Gasteiger partial charge in [0.25, 0.3) is 5.91 Å². The lowest BCUT2D eigenvalue weighted by Gasteiger charge is -2.03. The summed E-state index contributed by atoms with van der Waals surface area (Å²) in [5.74, 6) is -0.158. The molecule has 0 saturated carbocycles. The minimum absolute atomic E-state index is 0.158. The van der Waals surface area contributed by atoms with Crippen LogP contribution in [0.25, 0.3) is 0 Å². The van der Waals surface area contributed by atoms with Crippen LogP contribution < -0.4 is 5.32 Å². The van der Waals surface area contributed by atoms with Crippen molar-refractivity contribution in [2.75, 3.05) is 7.05 Å². The minimum Gasteiger partial charge on any atom is -0.355 e. The first-order chi connectivity index (χ1) is 6.19. The van der Waals surface area contributed by atoms with Crippen molar-refractivity contribution in [2.45, 2.75) is 6.92 Å². The summed E-state index contributed by atoms with van der Waals surface area (Å²) in [6.07, 6.45) is 0. The van der Waals surface area contributed by atoms with Crippen LogP contribution in [0.4, 0.5) is 0 Å². The second-order valence-electron chi connectivity index (χ2n) is 2.72. The van der Waals surface area contributed by atoms with E-state index in [1.807, 2.05) is 13.0 Å². The van der Waals surface area contributed by atoms with Gasteiger partial charge in [0.1, 0.15) is 0 Å². The van der Waals surface area contributed by atoms with Gasteiger partial charge in [-0.15, -0.1) is 0 Å². The molecule has 3 heteroatoms. The van der Waals surface area contributed by atoms with E-state index in [-0.39, 0.29) is 5.91 Å². The molecule has 66 valence electrons. The number of carbonyl (C=O) groups excluding carboxylic acids is 1. The Morgan fingerprint density at radius 3 is 2.77 bits per heavy atom. The van der Waals surface area contributed by atoms with Crippen LogP contribution in [0.3, 0.4) is 0 Å². The van der Waals surface area contributed by atoms with Gasteiger partial charge in [0.15, 0.2) is 0 Å². The number of amides is 1. The van der Waals surface area contributed by atoms with Gasteiger partial charge in [0, 0.05) is 12.6 Å². The largest absolute Gasteiger partial charge is 0.355 e. The number of hydrogen-bond acceptors (Lipinski definition) is 2. The molecule has 0 fully saturated rings. The fraction of sp³-hybridized carbons (Fsp3) is 0.200. The number of benzene rings is 1. The lowest BCUT2D eigenvalue weighted by molar-refractivity contribution is 0.0962. The fourth-order valence-electron chi connectivity index (χ4n) is 1.07. The van der Waals surface area contributed by atoms with Crippen molar-refractivity contribution in [1.82, 2.24) is 5.32 Å². The zero-order valence-corrected chi connectivity index (χ0v) is 7.59. The van der Waals surface area contributed by atoms with Crippen molar-refractivity contribution < 1.29 is 4.79 Å². The molecule has 1 aromatic carbocycles. The van der Waals surface area contributed by atoms with E-state index in [2.05, 4.69) is 5.32 Å². The molecule has 1 rings (SSSR count). The van der Waals surface area contributed by atoms with Crippen LogP contribution in [0.15, 0.2) is 18.2 Å². The van der Waals surface area contributed by atoms with Crippen LogP contribution in [0.1, 0.15) is 21.5 Å². The van der Waals surface area contributed by atoms with Crippen molar-refractivity contribution >= 4 is 5.91 Å². The Kier molecular flexibility index (Phi) is 2.65. The zero-order chi connectivity index (χ0) is 9.84. The first-order valence-electron chi connectivity index (χ1n) is 3.92. The standard InChI is InChI=1S/C10H10N2O/c1-7-3-4-8(6-11)5-9(7)10(13)12-2/h3-5H,1-2H3,(H,12,13). The normalized spacial score (nSPS) is 9.00. The summed E-state index contributed by atoms with van der Waals surface area (Å²) in [4.78, 5) is 11.3. The Balaban J connectivity index is 3.20. The molecule has 0 saturated heterocycles. The number of aryl methyl sites for hydroxylation is 1. The van der Waals surface area contributed by atoms with Gasteiger partial charge in [-0.05, 0) is 24.6 Å². The lowest BCUT2D eigenvalue weighted by atomic mass is 10.1. The number of nitrogens with zero attached hydrogens (tertiary/aromatic N) is 1. The first-order valence-corrected chi connectivity index (χ1v) is 3.92. The van der Waals surface area contributed by atoms with Crippen LogP contribution >= 0.6 is 0 Å². The van der Waals surface area contributed by atoms with E-state index in [0.29, 0.717) is 11.1 Å². The third-order valence-electron chi connectivity index (χ3n) is 1.84.